The lowest BCUT2D eigenvalue weighted by atomic mass is 10.2. The SMILES string of the molecule is O=Cc1cc(Cl)cc(Cl)c1OCc1cn2ccccc2n1. The molecule has 6 heteroatoms. The molecule has 4 nitrogen and oxygen atoms in total. The topological polar surface area (TPSA) is 43.6 Å². The third kappa shape index (κ3) is 2.86. The number of hydrogen-bond donors (Lipinski definition) is 0. The summed E-state index contributed by atoms with van der Waals surface area (Å²) in [5.41, 5.74) is 1.88. The third-order valence-electron chi connectivity index (χ3n) is 2.94. The Kier molecular flexibility index (Phi) is 3.82. The second-order valence-electron chi connectivity index (χ2n) is 4.41. The molecule has 0 bridgehead atoms. The Morgan fingerprint density at radius 3 is 2.90 bits per heavy atom. The van der Waals surface area contributed by atoms with Gasteiger partial charge in [-0.3, -0.25) is 4.79 Å². The van der Waals surface area contributed by atoms with Gasteiger partial charge in [-0.05, 0) is 24.3 Å². The first-order valence-electron chi connectivity index (χ1n) is 6.17. The molecule has 0 spiro atoms. The first-order valence-corrected chi connectivity index (χ1v) is 6.92. The van der Waals surface area contributed by atoms with Crippen molar-refractivity contribution in [1.82, 2.24) is 9.38 Å². The van der Waals surface area contributed by atoms with Crippen molar-refractivity contribution in [3.05, 3.63) is 64.0 Å². The van der Waals surface area contributed by atoms with Crippen LogP contribution in [0, 0.1) is 0 Å². The number of imidazole rings is 1. The number of ether oxygens (including phenoxy) is 1. The van der Waals surface area contributed by atoms with E-state index >= 15 is 0 Å². The number of nitrogens with zero attached hydrogens (tertiary/aromatic N) is 2. The van der Waals surface area contributed by atoms with Crippen molar-refractivity contribution in [3.63, 3.8) is 0 Å². The highest BCUT2D eigenvalue weighted by molar-refractivity contribution is 6.36. The molecule has 1 aromatic carbocycles. The summed E-state index contributed by atoms with van der Waals surface area (Å²) in [4.78, 5) is 15.5. The fraction of sp³-hybridized carbons (Fsp3) is 0.0667. The molecule has 0 amide bonds. The van der Waals surface area contributed by atoms with Crippen LogP contribution >= 0.6 is 23.2 Å². The minimum Gasteiger partial charge on any atom is -0.485 e. The molecular weight excluding hydrogens is 311 g/mol. The lowest BCUT2D eigenvalue weighted by Gasteiger charge is -2.09. The number of pyridine rings is 1. The fourth-order valence-electron chi connectivity index (χ4n) is 2.02. The fourth-order valence-corrected chi connectivity index (χ4v) is 2.59. The Balaban J connectivity index is 1.86. The highest BCUT2D eigenvalue weighted by Crippen LogP contribution is 2.32. The molecule has 106 valence electrons. The van der Waals surface area contributed by atoms with Gasteiger partial charge in [0.05, 0.1) is 16.3 Å². The van der Waals surface area contributed by atoms with Crippen molar-refractivity contribution >= 4 is 35.1 Å². The molecule has 0 fully saturated rings. The van der Waals surface area contributed by atoms with Crippen LogP contribution in [0.4, 0.5) is 0 Å². The number of rotatable bonds is 4. The monoisotopic (exact) mass is 320 g/mol. The van der Waals surface area contributed by atoms with E-state index in [0.717, 1.165) is 11.3 Å². The predicted molar refractivity (Wildman–Crippen MR) is 81.4 cm³/mol. The van der Waals surface area contributed by atoms with E-state index in [2.05, 4.69) is 4.98 Å². The summed E-state index contributed by atoms with van der Waals surface area (Å²) in [6.45, 7) is 0.212. The molecule has 0 aliphatic rings. The number of halogens is 2. The summed E-state index contributed by atoms with van der Waals surface area (Å²) in [5, 5.41) is 0.690. The van der Waals surface area contributed by atoms with Gasteiger partial charge < -0.3 is 9.14 Å². The van der Waals surface area contributed by atoms with Crippen LogP contribution in [0.1, 0.15) is 16.1 Å². The van der Waals surface area contributed by atoms with Gasteiger partial charge in [0.15, 0.2) is 6.29 Å². The molecule has 0 saturated heterocycles. The molecule has 0 unspecified atom stereocenters. The molecule has 3 rings (SSSR count). The average molecular weight is 321 g/mol. The first kappa shape index (κ1) is 13.9. The van der Waals surface area contributed by atoms with Crippen LogP contribution < -0.4 is 4.74 Å². The quantitative estimate of drug-likeness (QED) is 0.681. The smallest absolute Gasteiger partial charge is 0.153 e. The molecule has 3 aromatic rings. The average Bonchev–Trinajstić information content (AvgIpc) is 2.88. The molecule has 21 heavy (non-hydrogen) atoms. The largest absolute Gasteiger partial charge is 0.485 e. The number of carbonyl (C=O) groups excluding carboxylic acids is 1. The van der Waals surface area contributed by atoms with Gasteiger partial charge in [-0.25, -0.2) is 4.98 Å². The highest BCUT2D eigenvalue weighted by atomic mass is 35.5. The van der Waals surface area contributed by atoms with E-state index in [1.807, 2.05) is 35.0 Å². The maximum absolute atomic E-state index is 11.1. The van der Waals surface area contributed by atoms with Gasteiger partial charge >= 0.3 is 0 Å². The van der Waals surface area contributed by atoms with Crippen LogP contribution in [-0.2, 0) is 6.61 Å². The van der Waals surface area contributed by atoms with Gasteiger partial charge in [-0.2, -0.15) is 0 Å². The summed E-state index contributed by atoms with van der Waals surface area (Å²) < 4.78 is 7.52. The standard InChI is InChI=1S/C15H10Cl2N2O2/c16-11-5-10(8-20)15(13(17)6-11)21-9-12-7-19-4-2-1-3-14(19)18-12/h1-8H,9H2. The highest BCUT2D eigenvalue weighted by Gasteiger charge is 2.11. The Hall–Kier alpha value is -2.04. The van der Waals surface area contributed by atoms with Crippen molar-refractivity contribution in [2.45, 2.75) is 6.61 Å². The normalized spacial score (nSPS) is 10.8. The summed E-state index contributed by atoms with van der Waals surface area (Å²) in [6, 6.07) is 8.78. The Labute approximate surface area is 130 Å². The van der Waals surface area contributed by atoms with E-state index in [0.29, 0.717) is 27.6 Å². The van der Waals surface area contributed by atoms with Gasteiger partial charge in [0, 0.05) is 17.4 Å². The lowest BCUT2D eigenvalue weighted by Crippen LogP contribution is -1.99. The molecular formula is C15H10Cl2N2O2. The van der Waals surface area contributed by atoms with E-state index in [4.69, 9.17) is 27.9 Å². The third-order valence-corrected chi connectivity index (χ3v) is 3.44. The van der Waals surface area contributed by atoms with E-state index in [1.165, 1.54) is 12.1 Å². The van der Waals surface area contributed by atoms with Crippen LogP contribution in [0.2, 0.25) is 10.0 Å². The van der Waals surface area contributed by atoms with E-state index in [9.17, 15) is 4.79 Å². The molecule has 2 aromatic heterocycles. The van der Waals surface area contributed by atoms with E-state index in [1.54, 1.807) is 0 Å². The van der Waals surface area contributed by atoms with Gasteiger partial charge in [0.1, 0.15) is 18.0 Å². The maximum Gasteiger partial charge on any atom is 0.153 e. The van der Waals surface area contributed by atoms with Crippen molar-refractivity contribution in [1.29, 1.82) is 0 Å². The lowest BCUT2D eigenvalue weighted by molar-refractivity contribution is 0.111. The zero-order valence-electron chi connectivity index (χ0n) is 10.8. The van der Waals surface area contributed by atoms with Crippen LogP contribution in [-0.4, -0.2) is 15.7 Å². The van der Waals surface area contributed by atoms with Gasteiger partial charge in [-0.1, -0.05) is 29.3 Å². The van der Waals surface area contributed by atoms with Crippen molar-refractivity contribution < 1.29 is 9.53 Å². The summed E-state index contributed by atoms with van der Waals surface area (Å²) in [7, 11) is 0. The van der Waals surface area contributed by atoms with Crippen molar-refractivity contribution in [2.24, 2.45) is 0 Å². The zero-order chi connectivity index (χ0) is 14.8. The number of aldehydes is 1. The molecule has 0 saturated carbocycles. The number of aromatic nitrogens is 2. The molecule has 0 radical (unpaired) electrons. The molecule has 2 heterocycles. The predicted octanol–water partition coefficient (Wildman–Crippen LogP) is 4.03. The Morgan fingerprint density at radius 2 is 2.14 bits per heavy atom. The number of carbonyl (C=O) groups is 1. The molecule has 0 N–H and O–H groups in total. The maximum atomic E-state index is 11.1. The summed E-state index contributed by atoms with van der Waals surface area (Å²) in [6.07, 6.45) is 4.43. The molecule has 0 aliphatic carbocycles. The minimum atomic E-state index is 0.212. The number of fused-ring (bicyclic) bond motifs is 1. The first-order chi connectivity index (χ1) is 10.2. The van der Waals surface area contributed by atoms with E-state index in [-0.39, 0.29) is 6.61 Å². The Morgan fingerprint density at radius 1 is 1.29 bits per heavy atom. The van der Waals surface area contributed by atoms with Crippen molar-refractivity contribution in [2.75, 3.05) is 0 Å². The van der Waals surface area contributed by atoms with E-state index < -0.39 is 0 Å². The van der Waals surface area contributed by atoms with Gasteiger partial charge in [0.25, 0.3) is 0 Å². The van der Waals surface area contributed by atoms with Gasteiger partial charge in [-0.15, -0.1) is 0 Å². The zero-order valence-corrected chi connectivity index (χ0v) is 12.3. The van der Waals surface area contributed by atoms with Gasteiger partial charge in [0.2, 0.25) is 0 Å². The second-order valence-corrected chi connectivity index (χ2v) is 5.25. The van der Waals surface area contributed by atoms with Crippen LogP contribution in [0.15, 0.2) is 42.7 Å². The molecule has 0 aliphatic heterocycles. The van der Waals surface area contributed by atoms with Crippen LogP contribution in [0.25, 0.3) is 5.65 Å². The minimum absolute atomic E-state index is 0.212. The number of benzene rings is 1. The molecule has 0 atom stereocenters. The summed E-state index contributed by atoms with van der Waals surface area (Å²) >= 11 is 11.9. The number of hydrogen-bond acceptors (Lipinski definition) is 3. The Bertz CT molecular complexity index is 782. The van der Waals surface area contributed by atoms with Crippen molar-refractivity contribution in [3.8, 4) is 5.75 Å². The summed E-state index contributed by atoms with van der Waals surface area (Å²) in [5.74, 6) is 0.313. The van der Waals surface area contributed by atoms with Crippen LogP contribution in [0.5, 0.6) is 5.75 Å². The second kappa shape index (κ2) is 5.76. The van der Waals surface area contributed by atoms with Crippen LogP contribution in [0.3, 0.4) is 0 Å².